The number of aryl methyl sites for hydroxylation is 1. The van der Waals surface area contributed by atoms with E-state index in [0.29, 0.717) is 15.7 Å². The minimum atomic E-state index is -0.182. The summed E-state index contributed by atoms with van der Waals surface area (Å²) in [5.41, 5.74) is 2.55. The maximum absolute atomic E-state index is 12.7. The number of aromatic nitrogens is 2. The Bertz CT molecular complexity index is 1050. The van der Waals surface area contributed by atoms with Crippen LogP contribution in [0.3, 0.4) is 0 Å². The van der Waals surface area contributed by atoms with Gasteiger partial charge < -0.3 is 4.74 Å². The quantitative estimate of drug-likeness (QED) is 0.541. The van der Waals surface area contributed by atoms with Crippen molar-refractivity contribution in [3.05, 3.63) is 59.1 Å². The normalized spacial score (nSPS) is 10.8. The molecule has 0 aliphatic carbocycles. The van der Waals surface area contributed by atoms with Crippen LogP contribution in [-0.4, -0.2) is 23.0 Å². The van der Waals surface area contributed by atoms with E-state index in [4.69, 9.17) is 4.74 Å². The molecule has 0 aliphatic heterocycles. The number of carbonyl (C=O) groups excluding carboxylic acids is 1. The van der Waals surface area contributed by atoms with Crippen LogP contribution in [0.15, 0.2) is 48.5 Å². The Kier molecular flexibility index (Phi) is 4.40. The highest BCUT2D eigenvalue weighted by Gasteiger charge is 2.18. The van der Waals surface area contributed by atoms with Crippen LogP contribution in [0, 0.1) is 6.92 Å². The average molecular weight is 381 g/mol. The molecule has 0 bridgehead atoms. The summed E-state index contributed by atoms with van der Waals surface area (Å²) in [5.74, 6) is 0.606. The zero-order chi connectivity index (χ0) is 18.1. The molecule has 0 radical (unpaired) electrons. The lowest BCUT2D eigenvalue weighted by molar-refractivity contribution is 0.103. The fraction of sp³-hybridized carbons (Fsp3) is 0.105. The lowest BCUT2D eigenvalue weighted by Gasteiger charge is -2.00. The second-order valence-corrected chi connectivity index (χ2v) is 7.63. The number of rotatable bonds is 4. The first kappa shape index (κ1) is 16.7. The van der Waals surface area contributed by atoms with Gasteiger partial charge in [-0.05, 0) is 43.3 Å². The highest BCUT2D eigenvalue weighted by Crippen LogP contribution is 2.31. The predicted octanol–water partition coefficient (Wildman–Crippen LogP) is 4.99. The number of benzene rings is 2. The number of amides is 1. The third-order valence-electron chi connectivity index (χ3n) is 3.85. The number of hydrogen-bond donors (Lipinski definition) is 1. The van der Waals surface area contributed by atoms with Gasteiger partial charge in [-0.1, -0.05) is 23.5 Å². The smallest absolute Gasteiger partial charge is 0.269 e. The molecule has 0 unspecified atom stereocenters. The van der Waals surface area contributed by atoms with Gasteiger partial charge in [0.25, 0.3) is 5.91 Å². The molecule has 1 N–H and O–H groups in total. The SMILES string of the molecule is COc1ccc(-c2nc(C)c(C(=O)Nc3nc4ccccc4s3)s2)cc1. The van der Waals surface area contributed by atoms with Crippen LogP contribution in [0.2, 0.25) is 0 Å². The summed E-state index contributed by atoms with van der Waals surface area (Å²) in [5, 5.41) is 4.29. The number of ether oxygens (including phenoxy) is 1. The Hall–Kier alpha value is -2.77. The molecule has 0 saturated carbocycles. The third kappa shape index (κ3) is 3.18. The lowest BCUT2D eigenvalue weighted by Crippen LogP contribution is -2.11. The number of carbonyl (C=O) groups is 1. The van der Waals surface area contributed by atoms with E-state index in [-0.39, 0.29) is 5.91 Å². The van der Waals surface area contributed by atoms with Crippen molar-refractivity contribution in [1.82, 2.24) is 9.97 Å². The van der Waals surface area contributed by atoms with Crippen molar-refractivity contribution in [1.29, 1.82) is 0 Å². The minimum absolute atomic E-state index is 0.182. The summed E-state index contributed by atoms with van der Waals surface area (Å²) in [4.78, 5) is 22.2. The van der Waals surface area contributed by atoms with Crippen LogP contribution in [0.4, 0.5) is 5.13 Å². The summed E-state index contributed by atoms with van der Waals surface area (Å²) in [6.07, 6.45) is 0. The van der Waals surface area contributed by atoms with Crippen LogP contribution in [0.1, 0.15) is 15.4 Å². The maximum Gasteiger partial charge on any atom is 0.269 e. The Morgan fingerprint density at radius 3 is 2.54 bits per heavy atom. The Morgan fingerprint density at radius 1 is 1.04 bits per heavy atom. The van der Waals surface area contributed by atoms with Gasteiger partial charge in [0.1, 0.15) is 15.6 Å². The highest BCUT2D eigenvalue weighted by atomic mass is 32.1. The summed E-state index contributed by atoms with van der Waals surface area (Å²) in [6.45, 7) is 1.84. The first-order valence-corrected chi connectivity index (χ1v) is 9.56. The number of nitrogens with zero attached hydrogens (tertiary/aromatic N) is 2. The number of nitrogens with one attached hydrogen (secondary N) is 1. The highest BCUT2D eigenvalue weighted by molar-refractivity contribution is 7.22. The number of thiazole rings is 2. The van der Waals surface area contributed by atoms with E-state index in [2.05, 4.69) is 15.3 Å². The second kappa shape index (κ2) is 6.86. The van der Waals surface area contributed by atoms with Gasteiger partial charge in [-0.3, -0.25) is 10.1 Å². The van der Waals surface area contributed by atoms with E-state index >= 15 is 0 Å². The monoisotopic (exact) mass is 381 g/mol. The van der Waals surface area contributed by atoms with Gasteiger partial charge in [0.05, 0.1) is 23.0 Å². The zero-order valence-corrected chi connectivity index (χ0v) is 15.8. The summed E-state index contributed by atoms with van der Waals surface area (Å²) >= 11 is 2.83. The molecule has 2 aromatic heterocycles. The molecule has 2 heterocycles. The molecule has 0 atom stereocenters. The summed E-state index contributed by atoms with van der Waals surface area (Å²) in [6, 6.07) is 15.4. The van der Waals surface area contributed by atoms with Gasteiger partial charge in [-0.25, -0.2) is 9.97 Å². The number of hydrogen-bond acceptors (Lipinski definition) is 6. The van der Waals surface area contributed by atoms with Crippen molar-refractivity contribution in [2.45, 2.75) is 6.92 Å². The van der Waals surface area contributed by atoms with Crippen LogP contribution < -0.4 is 10.1 Å². The summed E-state index contributed by atoms with van der Waals surface area (Å²) < 4.78 is 6.22. The molecular weight excluding hydrogens is 366 g/mol. The Balaban J connectivity index is 1.58. The third-order valence-corrected chi connectivity index (χ3v) is 6.01. The molecule has 5 nitrogen and oxygen atoms in total. The van der Waals surface area contributed by atoms with E-state index in [1.165, 1.54) is 22.7 Å². The number of anilines is 1. The first-order chi connectivity index (χ1) is 12.6. The van der Waals surface area contributed by atoms with Crippen LogP contribution in [-0.2, 0) is 0 Å². The van der Waals surface area contributed by atoms with Gasteiger partial charge in [0.15, 0.2) is 5.13 Å². The van der Waals surface area contributed by atoms with Gasteiger partial charge in [-0.2, -0.15) is 0 Å². The fourth-order valence-corrected chi connectivity index (χ4v) is 4.37. The van der Waals surface area contributed by atoms with E-state index in [1.54, 1.807) is 7.11 Å². The fourth-order valence-electron chi connectivity index (χ4n) is 2.54. The van der Waals surface area contributed by atoms with E-state index < -0.39 is 0 Å². The van der Waals surface area contributed by atoms with Crippen LogP contribution in [0.25, 0.3) is 20.8 Å². The molecule has 1 amide bonds. The van der Waals surface area contributed by atoms with Crippen molar-refractivity contribution in [2.75, 3.05) is 12.4 Å². The summed E-state index contributed by atoms with van der Waals surface area (Å²) in [7, 11) is 1.63. The van der Waals surface area contributed by atoms with E-state index in [0.717, 1.165) is 26.5 Å². The molecular formula is C19H15N3O2S2. The van der Waals surface area contributed by atoms with Gasteiger partial charge >= 0.3 is 0 Å². The second-order valence-electron chi connectivity index (χ2n) is 5.60. The largest absolute Gasteiger partial charge is 0.497 e. The molecule has 4 rings (SSSR count). The van der Waals surface area contributed by atoms with Gasteiger partial charge in [0.2, 0.25) is 0 Å². The van der Waals surface area contributed by atoms with Crippen LogP contribution in [0.5, 0.6) is 5.75 Å². The van der Waals surface area contributed by atoms with E-state index in [1.807, 2.05) is 55.5 Å². The molecule has 4 aromatic rings. The van der Waals surface area contributed by atoms with Crippen molar-refractivity contribution in [2.24, 2.45) is 0 Å². The lowest BCUT2D eigenvalue weighted by atomic mass is 10.2. The standard InChI is InChI=1S/C19H15N3O2S2/c1-11-16(26-18(20-11)12-7-9-13(24-2)10-8-12)17(23)22-19-21-14-5-3-4-6-15(14)25-19/h3-10H,1-2H3,(H,21,22,23). The minimum Gasteiger partial charge on any atom is -0.497 e. The molecule has 0 spiro atoms. The van der Waals surface area contributed by atoms with Gasteiger partial charge in [0, 0.05) is 5.56 Å². The molecule has 130 valence electrons. The molecule has 2 aromatic carbocycles. The van der Waals surface area contributed by atoms with Crippen molar-refractivity contribution in [3.8, 4) is 16.3 Å². The molecule has 0 saturated heterocycles. The molecule has 0 aliphatic rings. The molecule has 7 heteroatoms. The number of methoxy groups -OCH3 is 1. The van der Waals surface area contributed by atoms with Crippen LogP contribution >= 0.6 is 22.7 Å². The molecule has 26 heavy (non-hydrogen) atoms. The van der Waals surface area contributed by atoms with E-state index in [9.17, 15) is 4.79 Å². The zero-order valence-electron chi connectivity index (χ0n) is 14.1. The van der Waals surface area contributed by atoms with Gasteiger partial charge in [-0.15, -0.1) is 11.3 Å². The molecule has 0 fully saturated rings. The predicted molar refractivity (Wildman–Crippen MR) is 106 cm³/mol. The Morgan fingerprint density at radius 2 is 1.81 bits per heavy atom. The van der Waals surface area contributed by atoms with Crippen molar-refractivity contribution >= 4 is 43.9 Å². The number of para-hydroxylation sites is 1. The van der Waals surface area contributed by atoms with Crippen molar-refractivity contribution in [3.63, 3.8) is 0 Å². The topological polar surface area (TPSA) is 64.1 Å². The Labute approximate surface area is 158 Å². The first-order valence-electron chi connectivity index (χ1n) is 7.93. The number of fused-ring (bicyclic) bond motifs is 1. The average Bonchev–Trinajstić information content (AvgIpc) is 3.24. The van der Waals surface area contributed by atoms with Crippen molar-refractivity contribution < 1.29 is 9.53 Å². The maximum atomic E-state index is 12.7.